The molecule has 3 rings (SSSR count). The molecule has 0 radical (unpaired) electrons. The number of aliphatic hydroxyl groups is 1. The molecule has 0 aliphatic rings. The third-order valence-electron chi connectivity index (χ3n) is 8.67. The SMILES string of the molecule is CC(C)N[C@@H](CCN(C(=O)CO)[C@@H](c1cc(-c2cc(F)ccc2F)cn1Cc1ccccc1)C(C)(C)C)C(=O)NCCC(=O)N[C@H](CCC(=O)O)C(=O)O. The third-order valence-corrected chi connectivity index (χ3v) is 8.67. The number of benzene rings is 2. The Morgan fingerprint density at radius 2 is 1.59 bits per heavy atom. The van der Waals surface area contributed by atoms with E-state index in [2.05, 4.69) is 16.0 Å². The number of rotatable bonds is 20. The molecule has 0 aliphatic carbocycles. The van der Waals surface area contributed by atoms with E-state index in [-0.39, 0.29) is 44.0 Å². The van der Waals surface area contributed by atoms with Crippen LogP contribution in [0, 0.1) is 17.0 Å². The summed E-state index contributed by atoms with van der Waals surface area (Å²) in [6, 6.07) is 11.2. The van der Waals surface area contributed by atoms with Crippen LogP contribution < -0.4 is 16.0 Å². The summed E-state index contributed by atoms with van der Waals surface area (Å²) in [7, 11) is 0. The molecule has 2 aromatic carbocycles. The summed E-state index contributed by atoms with van der Waals surface area (Å²) >= 11 is 0. The smallest absolute Gasteiger partial charge is 0.326 e. The number of carboxylic acid groups (broad SMARTS) is 2. The van der Waals surface area contributed by atoms with Crippen molar-refractivity contribution in [2.45, 2.75) is 91.0 Å². The van der Waals surface area contributed by atoms with E-state index >= 15 is 4.39 Å². The third kappa shape index (κ3) is 12.8. The zero-order valence-electron chi connectivity index (χ0n) is 31.3. The monoisotopic (exact) mass is 755 g/mol. The van der Waals surface area contributed by atoms with Gasteiger partial charge in [0.05, 0.1) is 12.1 Å². The number of halogens is 2. The molecule has 3 amide bonds. The fraction of sp³-hybridized carbons (Fsp3) is 0.462. The lowest BCUT2D eigenvalue weighted by atomic mass is 9.82. The predicted octanol–water partition coefficient (Wildman–Crippen LogP) is 4.09. The molecule has 15 heteroatoms. The first-order valence-electron chi connectivity index (χ1n) is 17.8. The van der Waals surface area contributed by atoms with Gasteiger partial charge in [-0.15, -0.1) is 0 Å². The highest BCUT2D eigenvalue weighted by atomic mass is 19.1. The number of carboxylic acids is 2. The van der Waals surface area contributed by atoms with Gasteiger partial charge in [-0.3, -0.25) is 19.2 Å². The van der Waals surface area contributed by atoms with E-state index in [0.717, 1.165) is 23.8 Å². The van der Waals surface area contributed by atoms with Gasteiger partial charge in [-0.25, -0.2) is 13.6 Å². The Hall–Kier alpha value is -5.15. The van der Waals surface area contributed by atoms with Gasteiger partial charge in [0, 0.05) is 61.5 Å². The number of amides is 3. The second-order valence-electron chi connectivity index (χ2n) is 14.5. The molecule has 1 heterocycles. The lowest BCUT2D eigenvalue weighted by molar-refractivity contribution is -0.143. The van der Waals surface area contributed by atoms with Crippen LogP contribution in [0.3, 0.4) is 0 Å². The molecule has 0 bridgehead atoms. The summed E-state index contributed by atoms with van der Waals surface area (Å²) in [6.45, 7) is 8.74. The average molecular weight is 756 g/mol. The largest absolute Gasteiger partial charge is 0.481 e. The highest BCUT2D eigenvalue weighted by Crippen LogP contribution is 2.41. The number of aliphatic hydroxyl groups excluding tert-OH is 1. The van der Waals surface area contributed by atoms with E-state index in [4.69, 9.17) is 5.11 Å². The van der Waals surface area contributed by atoms with Crippen molar-refractivity contribution >= 4 is 29.7 Å². The molecule has 1 aromatic heterocycles. The summed E-state index contributed by atoms with van der Waals surface area (Å²) in [4.78, 5) is 63.3. The molecular weight excluding hydrogens is 704 g/mol. The number of nitrogens with one attached hydrogen (secondary N) is 3. The molecule has 0 aliphatic heterocycles. The Morgan fingerprint density at radius 1 is 0.907 bits per heavy atom. The molecule has 13 nitrogen and oxygen atoms in total. The number of hydrogen-bond donors (Lipinski definition) is 6. The lowest BCUT2D eigenvalue weighted by Gasteiger charge is -2.41. The molecule has 3 atom stereocenters. The fourth-order valence-electron chi connectivity index (χ4n) is 6.28. The van der Waals surface area contributed by atoms with Crippen molar-refractivity contribution in [3.63, 3.8) is 0 Å². The Balaban J connectivity index is 1.91. The van der Waals surface area contributed by atoms with Crippen molar-refractivity contribution in [2.75, 3.05) is 19.7 Å². The fourth-order valence-corrected chi connectivity index (χ4v) is 6.28. The predicted molar refractivity (Wildman–Crippen MR) is 197 cm³/mol. The Morgan fingerprint density at radius 3 is 2.19 bits per heavy atom. The van der Waals surface area contributed by atoms with E-state index in [1.165, 1.54) is 4.90 Å². The Kier molecular flexibility index (Phi) is 15.9. The van der Waals surface area contributed by atoms with Crippen molar-refractivity contribution < 1.29 is 48.1 Å². The number of aliphatic carboxylic acids is 2. The summed E-state index contributed by atoms with van der Waals surface area (Å²) in [5.41, 5.74) is 1.27. The van der Waals surface area contributed by atoms with Crippen molar-refractivity contribution in [2.24, 2.45) is 5.41 Å². The molecule has 294 valence electrons. The molecule has 54 heavy (non-hydrogen) atoms. The lowest BCUT2D eigenvalue weighted by Crippen LogP contribution is -2.51. The first kappa shape index (κ1) is 43.3. The van der Waals surface area contributed by atoms with Gasteiger partial charge in [-0.2, -0.15) is 0 Å². The van der Waals surface area contributed by atoms with E-state index in [0.29, 0.717) is 17.8 Å². The van der Waals surface area contributed by atoms with Crippen molar-refractivity contribution in [3.05, 3.63) is 83.7 Å². The number of aromatic nitrogens is 1. The molecule has 0 unspecified atom stereocenters. The van der Waals surface area contributed by atoms with Gasteiger partial charge < -0.3 is 40.7 Å². The second-order valence-corrected chi connectivity index (χ2v) is 14.5. The van der Waals surface area contributed by atoms with Crippen LogP contribution in [0.1, 0.15) is 77.6 Å². The van der Waals surface area contributed by atoms with Crippen LogP contribution in [0.25, 0.3) is 11.1 Å². The van der Waals surface area contributed by atoms with E-state index in [9.17, 15) is 38.6 Å². The maximum Gasteiger partial charge on any atom is 0.326 e. The average Bonchev–Trinajstić information content (AvgIpc) is 3.49. The summed E-state index contributed by atoms with van der Waals surface area (Å²) in [6.07, 6.45) is 0.758. The maximum atomic E-state index is 15.1. The minimum Gasteiger partial charge on any atom is -0.481 e. The summed E-state index contributed by atoms with van der Waals surface area (Å²) < 4.78 is 31.3. The standard InChI is InChI=1S/C39H51F2N5O8/c1-24(2)43-30(37(52)42-17-15-33(48)44-31(38(53)54)13-14-35(50)51)16-18-46(34(49)23-47)36(39(3,4)5)32-19-26(28-20-27(40)11-12-29(28)41)22-45(32)21-25-9-7-6-8-10-25/h6-12,19-20,22,24,30-31,36,43,47H,13-18,21,23H2,1-5H3,(H,42,52)(H,44,48)(H,50,51)(H,53,54)/t30-,31+,36-/m0/s1. The molecule has 0 saturated heterocycles. The van der Waals surface area contributed by atoms with Crippen LogP contribution in [-0.2, 0) is 30.5 Å². The van der Waals surface area contributed by atoms with Gasteiger partial charge in [0.1, 0.15) is 24.3 Å². The summed E-state index contributed by atoms with van der Waals surface area (Å²) in [5.74, 6) is -5.61. The van der Waals surface area contributed by atoms with E-state index in [1.54, 1.807) is 12.3 Å². The van der Waals surface area contributed by atoms with Crippen LogP contribution in [0.15, 0.2) is 60.8 Å². The highest BCUT2D eigenvalue weighted by Gasteiger charge is 2.38. The topological polar surface area (TPSA) is 190 Å². The minimum absolute atomic E-state index is 0.0102. The first-order chi connectivity index (χ1) is 25.4. The van der Waals surface area contributed by atoms with Gasteiger partial charge >= 0.3 is 11.9 Å². The first-order valence-corrected chi connectivity index (χ1v) is 17.8. The number of carbonyl (C=O) groups is 5. The van der Waals surface area contributed by atoms with Gasteiger partial charge in [0.2, 0.25) is 17.7 Å². The van der Waals surface area contributed by atoms with Gasteiger partial charge in [0.25, 0.3) is 0 Å². The van der Waals surface area contributed by atoms with Crippen LogP contribution in [-0.4, -0.2) is 92.3 Å². The number of hydrogen-bond acceptors (Lipinski definition) is 7. The second kappa shape index (κ2) is 19.8. The maximum absolute atomic E-state index is 15.1. The van der Waals surface area contributed by atoms with Crippen LogP contribution in [0.2, 0.25) is 0 Å². The molecule has 0 saturated carbocycles. The zero-order chi connectivity index (χ0) is 40.2. The van der Waals surface area contributed by atoms with Crippen molar-refractivity contribution in [3.8, 4) is 11.1 Å². The highest BCUT2D eigenvalue weighted by molar-refractivity contribution is 5.85. The molecule has 3 aromatic rings. The van der Waals surface area contributed by atoms with E-state index in [1.807, 2.05) is 69.5 Å². The minimum atomic E-state index is -1.40. The Labute approximate surface area is 313 Å². The quantitative estimate of drug-likeness (QED) is 0.0987. The number of carbonyl (C=O) groups excluding carboxylic acids is 3. The van der Waals surface area contributed by atoms with E-state index < -0.39 is 77.9 Å². The molecule has 0 spiro atoms. The van der Waals surface area contributed by atoms with Gasteiger partial charge in [0.15, 0.2) is 0 Å². The van der Waals surface area contributed by atoms with Gasteiger partial charge in [-0.1, -0.05) is 65.0 Å². The Bertz CT molecular complexity index is 1760. The molecule has 0 fully saturated rings. The van der Waals surface area contributed by atoms with Crippen LogP contribution in [0.5, 0.6) is 0 Å². The normalized spacial score (nSPS) is 13.2. The summed E-state index contributed by atoms with van der Waals surface area (Å²) in [5, 5.41) is 36.5. The molecular formula is C39H51F2N5O8. The number of nitrogens with zero attached hydrogens (tertiary/aromatic N) is 2. The van der Waals surface area contributed by atoms with Crippen LogP contribution >= 0.6 is 0 Å². The van der Waals surface area contributed by atoms with Crippen molar-refractivity contribution in [1.82, 2.24) is 25.4 Å². The molecule has 6 N–H and O–H groups in total. The van der Waals surface area contributed by atoms with Crippen molar-refractivity contribution in [1.29, 1.82) is 0 Å². The van der Waals surface area contributed by atoms with Gasteiger partial charge in [-0.05, 0) is 48.1 Å². The zero-order valence-corrected chi connectivity index (χ0v) is 31.3. The van der Waals surface area contributed by atoms with Crippen LogP contribution in [0.4, 0.5) is 8.78 Å².